The molecule has 0 N–H and O–H groups in total. The molecule has 0 radical (unpaired) electrons. The van der Waals surface area contributed by atoms with Crippen LogP contribution in [0.2, 0.25) is 0 Å². The molecule has 0 unspecified atom stereocenters. The van der Waals surface area contributed by atoms with Crippen molar-refractivity contribution in [1.82, 2.24) is 9.55 Å². The van der Waals surface area contributed by atoms with Crippen molar-refractivity contribution in [3.05, 3.63) is 113 Å². The van der Waals surface area contributed by atoms with Crippen molar-refractivity contribution >= 4 is 11.9 Å². The zero-order valence-corrected chi connectivity index (χ0v) is 18.6. The third-order valence-electron chi connectivity index (χ3n) is 5.23. The second kappa shape index (κ2) is 10.4. The summed E-state index contributed by atoms with van der Waals surface area (Å²) >= 11 is 0. The molecule has 0 saturated carbocycles. The van der Waals surface area contributed by atoms with Gasteiger partial charge in [-0.3, -0.25) is 4.79 Å². The molecule has 0 amide bonds. The van der Waals surface area contributed by atoms with E-state index in [2.05, 4.69) is 4.98 Å². The van der Waals surface area contributed by atoms with E-state index in [1.54, 1.807) is 53.6 Å². The van der Waals surface area contributed by atoms with Crippen LogP contribution in [0.15, 0.2) is 67.3 Å². The molecule has 0 saturated heterocycles. The first-order valence-corrected chi connectivity index (χ1v) is 10.4. The maximum atomic E-state index is 13.9. The minimum Gasteiger partial charge on any atom is -0.496 e. The normalized spacial score (nSPS) is 11.2. The predicted octanol–water partition coefficient (Wildman–Crippen LogP) is 6.05. The fourth-order valence-electron chi connectivity index (χ4n) is 3.35. The summed E-state index contributed by atoms with van der Waals surface area (Å²) in [7, 11) is 1.34. The lowest BCUT2D eigenvalue weighted by Gasteiger charge is -2.13. The zero-order chi connectivity index (χ0) is 25.8. The van der Waals surface area contributed by atoms with Gasteiger partial charge in [0.05, 0.1) is 13.4 Å². The first-order chi connectivity index (χ1) is 17.3. The zero-order valence-electron chi connectivity index (χ0n) is 18.6. The van der Waals surface area contributed by atoms with Crippen LogP contribution in [0.25, 0.3) is 11.8 Å². The van der Waals surface area contributed by atoms with Crippen molar-refractivity contribution < 1.29 is 36.2 Å². The van der Waals surface area contributed by atoms with Crippen molar-refractivity contribution in [2.45, 2.75) is 6.61 Å². The number of benzene rings is 3. The van der Waals surface area contributed by atoms with Gasteiger partial charge in [-0.15, -0.1) is 0 Å². The minimum absolute atomic E-state index is 0.248. The van der Waals surface area contributed by atoms with Crippen LogP contribution in [-0.2, 0) is 6.61 Å². The number of ether oxygens (including phenoxy) is 2. The van der Waals surface area contributed by atoms with Gasteiger partial charge in [0.15, 0.2) is 11.5 Å². The highest BCUT2D eigenvalue weighted by Gasteiger charge is 2.27. The van der Waals surface area contributed by atoms with Gasteiger partial charge in [0, 0.05) is 29.2 Å². The molecule has 4 aromatic rings. The number of hydrogen-bond acceptors (Lipinski definition) is 4. The molecule has 5 nitrogen and oxygen atoms in total. The van der Waals surface area contributed by atoms with Crippen LogP contribution in [0.5, 0.6) is 11.5 Å². The smallest absolute Gasteiger partial charge is 0.207 e. The van der Waals surface area contributed by atoms with Gasteiger partial charge >= 0.3 is 0 Å². The quantitative estimate of drug-likeness (QED) is 0.0972. The third kappa shape index (κ3) is 4.97. The summed E-state index contributed by atoms with van der Waals surface area (Å²) in [6, 6.07) is 11.5. The van der Waals surface area contributed by atoms with Crippen molar-refractivity contribution in [3.8, 4) is 17.2 Å². The number of hydrogen-bond donors (Lipinski definition) is 0. The summed E-state index contributed by atoms with van der Waals surface area (Å²) in [5, 5.41) is 0. The number of allylic oxidation sites excluding steroid dienone is 1. The average Bonchev–Trinajstić information content (AvgIpc) is 3.45. The van der Waals surface area contributed by atoms with E-state index in [0.29, 0.717) is 11.1 Å². The minimum atomic E-state index is -2.27. The Balaban J connectivity index is 1.51. The number of ketones is 1. The first kappa shape index (κ1) is 24.6. The lowest BCUT2D eigenvalue weighted by Crippen LogP contribution is -2.07. The summed E-state index contributed by atoms with van der Waals surface area (Å²) in [5.41, 5.74) is 2.04. The molecule has 0 fully saturated rings. The maximum absolute atomic E-state index is 13.9. The molecule has 1 heterocycles. The van der Waals surface area contributed by atoms with E-state index < -0.39 is 41.4 Å². The lowest BCUT2D eigenvalue weighted by atomic mass is 10.1. The molecule has 36 heavy (non-hydrogen) atoms. The average molecular weight is 500 g/mol. The van der Waals surface area contributed by atoms with Crippen molar-refractivity contribution in [3.63, 3.8) is 0 Å². The number of aromatic nitrogens is 2. The van der Waals surface area contributed by atoms with Gasteiger partial charge in [-0.05, 0) is 48.0 Å². The van der Waals surface area contributed by atoms with E-state index in [0.717, 1.165) is 5.69 Å². The Bertz CT molecular complexity index is 1410. The number of halogens is 5. The van der Waals surface area contributed by atoms with E-state index in [1.165, 1.54) is 31.4 Å². The van der Waals surface area contributed by atoms with E-state index in [9.17, 15) is 26.7 Å². The predicted molar refractivity (Wildman–Crippen MR) is 120 cm³/mol. The fraction of sp³-hybridized carbons (Fsp3) is 0.0769. The number of carbonyl (C=O) groups excluding carboxylic acids is 1. The van der Waals surface area contributed by atoms with E-state index >= 15 is 0 Å². The van der Waals surface area contributed by atoms with E-state index in [-0.39, 0.29) is 17.1 Å². The molecule has 4 rings (SSSR count). The Morgan fingerprint density at radius 3 is 2.22 bits per heavy atom. The second-order valence-electron chi connectivity index (χ2n) is 7.47. The van der Waals surface area contributed by atoms with Gasteiger partial charge in [0.1, 0.15) is 12.4 Å². The van der Waals surface area contributed by atoms with E-state index in [1.807, 2.05) is 0 Å². The van der Waals surface area contributed by atoms with Crippen LogP contribution >= 0.6 is 0 Å². The van der Waals surface area contributed by atoms with Crippen LogP contribution < -0.4 is 9.47 Å². The first-order valence-electron chi connectivity index (χ1n) is 10.4. The summed E-state index contributed by atoms with van der Waals surface area (Å²) in [5.74, 6) is -12.1. The number of imidazole rings is 1. The molecular formula is C26H17F5N2O3. The van der Waals surface area contributed by atoms with Gasteiger partial charge in [0.2, 0.25) is 29.1 Å². The molecule has 1 aromatic heterocycles. The molecule has 0 atom stereocenters. The molecule has 10 heteroatoms. The SMILES string of the molecule is COc1ccc(/C=C/C(=O)c2ccc(-n3ccnc3)cc2)cc1COc1c(F)c(F)c(F)c(F)c1F. The molecule has 0 spiro atoms. The van der Waals surface area contributed by atoms with Crippen LogP contribution in [0.1, 0.15) is 21.5 Å². The lowest BCUT2D eigenvalue weighted by molar-refractivity contribution is 0.104. The monoisotopic (exact) mass is 500 g/mol. The summed E-state index contributed by atoms with van der Waals surface area (Å²) < 4.78 is 79.8. The summed E-state index contributed by atoms with van der Waals surface area (Å²) in [6.07, 6.45) is 7.89. The van der Waals surface area contributed by atoms with Gasteiger partial charge in [-0.25, -0.2) is 18.2 Å². The largest absolute Gasteiger partial charge is 0.496 e. The molecule has 0 aliphatic carbocycles. The molecular weight excluding hydrogens is 483 g/mol. The Labute approximate surface area is 202 Å². The highest BCUT2D eigenvalue weighted by atomic mass is 19.2. The van der Waals surface area contributed by atoms with E-state index in [4.69, 9.17) is 9.47 Å². The van der Waals surface area contributed by atoms with Crippen LogP contribution in [0, 0.1) is 29.1 Å². The van der Waals surface area contributed by atoms with Crippen LogP contribution in [0.3, 0.4) is 0 Å². The van der Waals surface area contributed by atoms with Gasteiger partial charge in [-0.2, -0.15) is 8.78 Å². The third-order valence-corrected chi connectivity index (χ3v) is 5.23. The van der Waals surface area contributed by atoms with Gasteiger partial charge in [0.25, 0.3) is 0 Å². The topological polar surface area (TPSA) is 53.4 Å². The number of rotatable bonds is 8. The number of nitrogens with zero attached hydrogens (tertiary/aromatic N) is 2. The molecule has 0 aliphatic rings. The van der Waals surface area contributed by atoms with Crippen molar-refractivity contribution in [1.29, 1.82) is 0 Å². The maximum Gasteiger partial charge on any atom is 0.207 e. The highest BCUT2D eigenvalue weighted by Crippen LogP contribution is 2.31. The highest BCUT2D eigenvalue weighted by molar-refractivity contribution is 6.06. The molecule has 0 bridgehead atoms. The summed E-state index contributed by atoms with van der Waals surface area (Å²) in [6.45, 7) is -0.563. The molecule has 0 aliphatic heterocycles. The number of methoxy groups -OCH3 is 1. The Morgan fingerprint density at radius 2 is 1.61 bits per heavy atom. The number of carbonyl (C=O) groups is 1. The standard InChI is InChI=1S/C26H17F5N2O3/c1-35-20-9-3-15(2-8-19(34)16-4-6-18(7-5-16)33-11-10-32-14-33)12-17(20)13-36-26-24(30)22(28)21(27)23(29)25(26)31/h2-12,14H,13H2,1H3/b8-2+. The Morgan fingerprint density at radius 1 is 0.944 bits per heavy atom. The van der Waals surface area contributed by atoms with Crippen LogP contribution in [-0.4, -0.2) is 22.4 Å². The van der Waals surface area contributed by atoms with Crippen molar-refractivity contribution in [2.75, 3.05) is 7.11 Å². The van der Waals surface area contributed by atoms with Gasteiger partial charge < -0.3 is 14.0 Å². The summed E-state index contributed by atoms with van der Waals surface area (Å²) in [4.78, 5) is 16.5. The Kier molecular flexibility index (Phi) is 7.14. The second-order valence-corrected chi connectivity index (χ2v) is 7.47. The van der Waals surface area contributed by atoms with Gasteiger partial charge in [-0.1, -0.05) is 12.1 Å². The molecule has 3 aromatic carbocycles. The van der Waals surface area contributed by atoms with Crippen molar-refractivity contribution in [2.24, 2.45) is 0 Å². The Hall–Kier alpha value is -4.47. The van der Waals surface area contributed by atoms with Crippen LogP contribution in [0.4, 0.5) is 22.0 Å². The molecule has 184 valence electrons. The fourth-order valence-corrected chi connectivity index (χ4v) is 3.35.